The Morgan fingerprint density at radius 3 is 2.18 bits per heavy atom. The Balaban J connectivity index is 0.00000392. The van der Waals surface area contributed by atoms with E-state index in [0.29, 0.717) is 23.8 Å². The second-order valence-electron chi connectivity index (χ2n) is 6.65. The summed E-state index contributed by atoms with van der Waals surface area (Å²) in [6.45, 7) is 5.71. The molecule has 0 aliphatic heterocycles. The van der Waals surface area contributed by atoms with Gasteiger partial charge in [0.25, 0.3) is 0 Å². The summed E-state index contributed by atoms with van der Waals surface area (Å²) in [4.78, 5) is 5.66. The van der Waals surface area contributed by atoms with E-state index in [4.69, 9.17) is 14.2 Å². The molecule has 0 unspecified atom stereocenters. The van der Waals surface area contributed by atoms with Crippen LogP contribution in [-0.2, 0) is 12.0 Å². The molecule has 1 aromatic carbocycles. The Labute approximate surface area is 188 Å². The molecular weight excluding hydrogens is 489 g/mol. The molecule has 0 saturated heterocycles. The molecule has 0 aliphatic carbocycles. The van der Waals surface area contributed by atoms with Crippen molar-refractivity contribution < 1.29 is 14.2 Å². The van der Waals surface area contributed by atoms with Crippen LogP contribution in [0.15, 0.2) is 34.6 Å². The van der Waals surface area contributed by atoms with E-state index in [9.17, 15) is 0 Å². The van der Waals surface area contributed by atoms with Gasteiger partial charge in [0.1, 0.15) is 17.2 Å². The summed E-state index contributed by atoms with van der Waals surface area (Å²) in [6, 6.07) is 7.93. The normalized spacial score (nSPS) is 11.4. The number of hydrogen-bond acceptors (Lipinski definition) is 5. The van der Waals surface area contributed by atoms with E-state index in [1.165, 1.54) is 4.88 Å². The van der Waals surface area contributed by atoms with Crippen molar-refractivity contribution in [3.05, 3.63) is 40.1 Å². The second-order valence-corrected chi connectivity index (χ2v) is 7.60. The Kier molecular flexibility index (Phi) is 9.88. The third-order valence-electron chi connectivity index (χ3n) is 4.36. The van der Waals surface area contributed by atoms with Crippen molar-refractivity contribution in [1.82, 2.24) is 10.6 Å². The topological polar surface area (TPSA) is 64.1 Å². The minimum absolute atomic E-state index is 0. The van der Waals surface area contributed by atoms with Gasteiger partial charge in [-0.3, -0.25) is 4.99 Å². The van der Waals surface area contributed by atoms with Gasteiger partial charge in [0.2, 0.25) is 0 Å². The first-order chi connectivity index (χ1) is 12.9. The smallest absolute Gasteiger partial charge is 0.191 e. The third-order valence-corrected chi connectivity index (χ3v) is 5.60. The molecule has 2 rings (SSSR count). The van der Waals surface area contributed by atoms with Crippen molar-refractivity contribution in [2.24, 2.45) is 4.99 Å². The number of guanidine groups is 1. The molecule has 0 bridgehead atoms. The van der Waals surface area contributed by atoms with Crippen LogP contribution in [0, 0.1) is 0 Å². The molecule has 0 saturated carbocycles. The molecule has 2 aromatic rings. The number of nitrogens with one attached hydrogen (secondary N) is 2. The lowest BCUT2D eigenvalue weighted by Gasteiger charge is -2.25. The van der Waals surface area contributed by atoms with E-state index < -0.39 is 0 Å². The Hall–Kier alpha value is -1.68. The SMILES string of the molecule is CN=C(NCc1c(OC)cc(OC)cc1OC)NCC(C)(C)c1cccs1.I. The minimum Gasteiger partial charge on any atom is -0.496 e. The molecule has 0 radical (unpaired) electrons. The van der Waals surface area contributed by atoms with Crippen LogP contribution >= 0.6 is 35.3 Å². The Bertz CT molecular complexity index is 739. The lowest BCUT2D eigenvalue weighted by Crippen LogP contribution is -2.43. The quantitative estimate of drug-likeness (QED) is 0.313. The van der Waals surface area contributed by atoms with Crippen molar-refractivity contribution in [2.75, 3.05) is 34.9 Å². The summed E-state index contributed by atoms with van der Waals surface area (Å²) in [5, 5.41) is 8.84. The molecule has 1 aromatic heterocycles. The largest absolute Gasteiger partial charge is 0.496 e. The van der Waals surface area contributed by atoms with Gasteiger partial charge in [-0.2, -0.15) is 0 Å². The highest BCUT2D eigenvalue weighted by Gasteiger charge is 2.22. The van der Waals surface area contributed by atoms with E-state index in [-0.39, 0.29) is 29.4 Å². The van der Waals surface area contributed by atoms with Crippen LogP contribution in [0.4, 0.5) is 0 Å². The van der Waals surface area contributed by atoms with Gasteiger partial charge in [0.15, 0.2) is 5.96 Å². The second kappa shape index (κ2) is 11.4. The summed E-state index contributed by atoms with van der Waals surface area (Å²) in [6.07, 6.45) is 0. The maximum absolute atomic E-state index is 5.50. The lowest BCUT2D eigenvalue weighted by atomic mass is 9.91. The standard InChI is InChI=1S/C20H29N3O3S.HI/c1-20(2,18-8-7-9-27-18)13-23-19(21-3)22-12-15-16(25-5)10-14(24-4)11-17(15)26-6;/h7-11H,12-13H2,1-6H3,(H2,21,22,23);1H. The number of hydrogen-bond donors (Lipinski definition) is 2. The summed E-state index contributed by atoms with van der Waals surface area (Å²) >= 11 is 1.77. The summed E-state index contributed by atoms with van der Waals surface area (Å²) in [5.74, 6) is 2.81. The lowest BCUT2D eigenvalue weighted by molar-refractivity contribution is 0.368. The van der Waals surface area contributed by atoms with Gasteiger partial charge < -0.3 is 24.8 Å². The fourth-order valence-corrected chi connectivity index (χ4v) is 3.55. The maximum atomic E-state index is 5.50. The molecule has 1 heterocycles. The van der Waals surface area contributed by atoms with Gasteiger partial charge in [-0.05, 0) is 11.4 Å². The molecule has 6 nitrogen and oxygen atoms in total. The van der Waals surface area contributed by atoms with Crippen LogP contribution in [0.1, 0.15) is 24.3 Å². The molecule has 8 heteroatoms. The third kappa shape index (κ3) is 6.16. The number of benzene rings is 1. The number of halogens is 1. The molecule has 156 valence electrons. The van der Waals surface area contributed by atoms with Crippen LogP contribution in [0.5, 0.6) is 17.2 Å². The van der Waals surface area contributed by atoms with Gasteiger partial charge in [-0.15, -0.1) is 35.3 Å². The zero-order valence-corrected chi connectivity index (χ0v) is 20.4. The van der Waals surface area contributed by atoms with E-state index in [0.717, 1.165) is 18.1 Å². The van der Waals surface area contributed by atoms with Crippen LogP contribution < -0.4 is 24.8 Å². The Morgan fingerprint density at radius 2 is 1.71 bits per heavy atom. The van der Waals surface area contributed by atoms with E-state index >= 15 is 0 Å². The van der Waals surface area contributed by atoms with Gasteiger partial charge in [-0.25, -0.2) is 0 Å². The van der Waals surface area contributed by atoms with Crippen molar-refractivity contribution >= 4 is 41.3 Å². The highest BCUT2D eigenvalue weighted by atomic mass is 127. The first-order valence-corrected chi connectivity index (χ1v) is 9.60. The number of nitrogens with zero attached hydrogens (tertiary/aromatic N) is 1. The molecule has 0 aliphatic rings. The average molecular weight is 519 g/mol. The zero-order valence-electron chi connectivity index (χ0n) is 17.3. The van der Waals surface area contributed by atoms with Crippen LogP contribution in [0.3, 0.4) is 0 Å². The van der Waals surface area contributed by atoms with Crippen molar-refractivity contribution in [3.63, 3.8) is 0 Å². The van der Waals surface area contributed by atoms with Gasteiger partial charge in [0.05, 0.1) is 33.4 Å². The number of aliphatic imine (C=N–C) groups is 1. The van der Waals surface area contributed by atoms with E-state index in [2.05, 4.69) is 47.0 Å². The highest BCUT2D eigenvalue weighted by molar-refractivity contribution is 14.0. The van der Waals surface area contributed by atoms with E-state index in [1.54, 1.807) is 39.7 Å². The van der Waals surface area contributed by atoms with Gasteiger partial charge in [-0.1, -0.05) is 19.9 Å². The molecule has 0 fully saturated rings. The number of ether oxygens (including phenoxy) is 3. The van der Waals surface area contributed by atoms with Crippen LogP contribution in [0.2, 0.25) is 0 Å². The van der Waals surface area contributed by atoms with E-state index in [1.807, 2.05) is 12.1 Å². The van der Waals surface area contributed by atoms with Crippen LogP contribution in [-0.4, -0.2) is 40.9 Å². The number of methoxy groups -OCH3 is 3. The minimum atomic E-state index is 0. The molecule has 0 spiro atoms. The molecule has 0 atom stereocenters. The van der Waals surface area contributed by atoms with Gasteiger partial charge in [0, 0.05) is 36.0 Å². The summed E-state index contributed by atoms with van der Waals surface area (Å²) in [7, 11) is 6.64. The number of rotatable bonds is 8. The first kappa shape index (κ1) is 24.4. The van der Waals surface area contributed by atoms with Crippen LogP contribution in [0.25, 0.3) is 0 Å². The van der Waals surface area contributed by atoms with Gasteiger partial charge >= 0.3 is 0 Å². The molecule has 28 heavy (non-hydrogen) atoms. The summed E-state index contributed by atoms with van der Waals surface area (Å²) in [5.41, 5.74) is 0.919. The molecule has 2 N–H and O–H groups in total. The summed E-state index contributed by atoms with van der Waals surface area (Å²) < 4.78 is 16.3. The van der Waals surface area contributed by atoms with Crippen molar-refractivity contribution in [2.45, 2.75) is 25.8 Å². The Morgan fingerprint density at radius 1 is 1.07 bits per heavy atom. The van der Waals surface area contributed by atoms with Crippen molar-refractivity contribution in [1.29, 1.82) is 0 Å². The maximum Gasteiger partial charge on any atom is 0.191 e. The molecule has 0 amide bonds. The predicted octanol–water partition coefficient (Wildman–Crippen LogP) is 4.03. The highest BCUT2D eigenvalue weighted by Crippen LogP contribution is 2.34. The van der Waals surface area contributed by atoms with Crippen molar-refractivity contribution in [3.8, 4) is 17.2 Å². The fraction of sp³-hybridized carbons (Fsp3) is 0.450. The fourth-order valence-electron chi connectivity index (χ4n) is 2.70. The zero-order chi connectivity index (χ0) is 19.9. The molecular formula is C20H30IN3O3S. The predicted molar refractivity (Wildman–Crippen MR) is 127 cm³/mol. The first-order valence-electron chi connectivity index (χ1n) is 8.72. The number of thiophene rings is 1. The monoisotopic (exact) mass is 519 g/mol. The average Bonchev–Trinajstić information content (AvgIpc) is 3.23.